The van der Waals surface area contributed by atoms with Crippen molar-refractivity contribution >= 4 is 0 Å². The Kier molecular flexibility index (Phi) is 9.13. The Morgan fingerprint density at radius 3 is 2.26 bits per heavy atom. The molecule has 1 aliphatic rings. The maximum absolute atomic E-state index is 6.29. The smallest absolute Gasteiger partial charge is 0.197 e. The molecule has 0 radical (unpaired) electrons. The van der Waals surface area contributed by atoms with Crippen LogP contribution in [0.3, 0.4) is 0 Å². The van der Waals surface area contributed by atoms with Crippen LogP contribution in [0.4, 0.5) is 0 Å². The standard InChI is InChI=1S/C28H41NO2/c1-4-5-6-7-8-9-15-23(16-13-20-29)28(30-2,31-3)27-19-12-18-25-24-17-11-10-14-22(24)21-26(25)27/h10-12,14,17-19,23H,4-9,13,15-16,20-21,29H2,1-3H3. The summed E-state index contributed by atoms with van der Waals surface area (Å²) in [6.45, 7) is 2.97. The minimum Gasteiger partial charge on any atom is -0.349 e. The molecule has 3 rings (SSSR count). The van der Waals surface area contributed by atoms with E-state index in [2.05, 4.69) is 49.4 Å². The van der Waals surface area contributed by atoms with Crippen molar-refractivity contribution in [2.75, 3.05) is 20.8 Å². The van der Waals surface area contributed by atoms with Crippen LogP contribution in [-0.2, 0) is 21.7 Å². The Balaban J connectivity index is 1.88. The van der Waals surface area contributed by atoms with Crippen LogP contribution in [0.15, 0.2) is 42.5 Å². The molecule has 0 aromatic heterocycles. The largest absolute Gasteiger partial charge is 0.349 e. The van der Waals surface area contributed by atoms with E-state index in [4.69, 9.17) is 15.2 Å². The van der Waals surface area contributed by atoms with Crippen molar-refractivity contribution in [3.63, 3.8) is 0 Å². The Morgan fingerprint density at radius 1 is 0.839 bits per heavy atom. The van der Waals surface area contributed by atoms with Gasteiger partial charge in [-0.3, -0.25) is 0 Å². The topological polar surface area (TPSA) is 44.5 Å². The molecular weight excluding hydrogens is 382 g/mol. The van der Waals surface area contributed by atoms with Crippen molar-refractivity contribution in [2.45, 2.75) is 76.9 Å². The second-order valence-corrected chi connectivity index (χ2v) is 8.93. The maximum Gasteiger partial charge on any atom is 0.197 e. The van der Waals surface area contributed by atoms with Crippen LogP contribution in [0.5, 0.6) is 0 Å². The summed E-state index contributed by atoms with van der Waals surface area (Å²) >= 11 is 0. The zero-order valence-electron chi connectivity index (χ0n) is 19.8. The molecule has 2 aromatic carbocycles. The quantitative estimate of drug-likeness (QED) is 0.229. The van der Waals surface area contributed by atoms with Gasteiger partial charge in [-0.1, -0.05) is 87.9 Å². The summed E-state index contributed by atoms with van der Waals surface area (Å²) in [5, 5.41) is 0. The number of hydrogen-bond donors (Lipinski definition) is 1. The number of methoxy groups -OCH3 is 2. The second-order valence-electron chi connectivity index (χ2n) is 8.93. The predicted molar refractivity (Wildman–Crippen MR) is 130 cm³/mol. The fourth-order valence-corrected chi connectivity index (χ4v) is 5.40. The first-order valence-electron chi connectivity index (χ1n) is 12.2. The normalized spacial score (nSPS) is 13.8. The van der Waals surface area contributed by atoms with Gasteiger partial charge in [0, 0.05) is 25.7 Å². The first kappa shape index (κ1) is 24.0. The number of ether oxygens (including phenoxy) is 2. The van der Waals surface area contributed by atoms with Crippen molar-refractivity contribution in [3.8, 4) is 11.1 Å². The molecule has 0 bridgehead atoms. The maximum atomic E-state index is 6.29. The first-order valence-corrected chi connectivity index (χ1v) is 12.2. The molecule has 3 nitrogen and oxygen atoms in total. The molecule has 0 heterocycles. The number of hydrogen-bond acceptors (Lipinski definition) is 3. The van der Waals surface area contributed by atoms with Gasteiger partial charge in [-0.05, 0) is 54.5 Å². The molecule has 0 saturated carbocycles. The summed E-state index contributed by atoms with van der Waals surface area (Å²) in [6.07, 6.45) is 11.8. The van der Waals surface area contributed by atoms with Crippen molar-refractivity contribution in [1.82, 2.24) is 0 Å². The fourth-order valence-electron chi connectivity index (χ4n) is 5.40. The van der Waals surface area contributed by atoms with E-state index in [9.17, 15) is 0 Å². The Bertz CT molecular complexity index is 812. The molecule has 0 spiro atoms. The van der Waals surface area contributed by atoms with E-state index < -0.39 is 5.79 Å². The average Bonchev–Trinajstić information content (AvgIpc) is 3.19. The van der Waals surface area contributed by atoms with Gasteiger partial charge in [0.1, 0.15) is 0 Å². The van der Waals surface area contributed by atoms with Gasteiger partial charge in [0.05, 0.1) is 0 Å². The molecule has 1 atom stereocenters. The van der Waals surface area contributed by atoms with Crippen LogP contribution < -0.4 is 5.73 Å². The van der Waals surface area contributed by atoms with E-state index in [-0.39, 0.29) is 5.92 Å². The van der Waals surface area contributed by atoms with E-state index in [0.29, 0.717) is 6.54 Å². The third-order valence-electron chi connectivity index (χ3n) is 7.03. The van der Waals surface area contributed by atoms with Crippen molar-refractivity contribution in [1.29, 1.82) is 0 Å². The molecule has 2 N–H and O–H groups in total. The second kappa shape index (κ2) is 11.8. The highest BCUT2D eigenvalue weighted by atomic mass is 16.7. The van der Waals surface area contributed by atoms with E-state index in [1.54, 1.807) is 0 Å². The van der Waals surface area contributed by atoms with E-state index in [1.165, 1.54) is 66.3 Å². The number of fused-ring (bicyclic) bond motifs is 3. The van der Waals surface area contributed by atoms with Crippen molar-refractivity contribution in [3.05, 3.63) is 59.2 Å². The molecule has 170 valence electrons. The Labute approximate surface area is 189 Å². The lowest BCUT2D eigenvalue weighted by Crippen LogP contribution is -2.40. The lowest BCUT2D eigenvalue weighted by molar-refractivity contribution is -0.253. The van der Waals surface area contributed by atoms with Crippen LogP contribution in [0.2, 0.25) is 0 Å². The lowest BCUT2D eigenvalue weighted by Gasteiger charge is -2.40. The van der Waals surface area contributed by atoms with Crippen LogP contribution in [0.1, 0.15) is 81.4 Å². The van der Waals surface area contributed by atoms with Gasteiger partial charge >= 0.3 is 0 Å². The van der Waals surface area contributed by atoms with Gasteiger partial charge < -0.3 is 15.2 Å². The van der Waals surface area contributed by atoms with Crippen molar-refractivity contribution in [2.24, 2.45) is 11.7 Å². The molecule has 1 aliphatic carbocycles. The van der Waals surface area contributed by atoms with Crippen molar-refractivity contribution < 1.29 is 9.47 Å². The van der Waals surface area contributed by atoms with Gasteiger partial charge in [0.15, 0.2) is 5.79 Å². The van der Waals surface area contributed by atoms with E-state index in [0.717, 1.165) is 25.7 Å². The van der Waals surface area contributed by atoms with Gasteiger partial charge in [-0.2, -0.15) is 0 Å². The highest BCUT2D eigenvalue weighted by Gasteiger charge is 2.43. The summed E-state index contributed by atoms with van der Waals surface area (Å²) in [5.41, 5.74) is 12.5. The monoisotopic (exact) mass is 423 g/mol. The Hall–Kier alpha value is -1.68. The molecule has 2 aromatic rings. The van der Waals surface area contributed by atoms with Gasteiger partial charge in [-0.15, -0.1) is 0 Å². The summed E-state index contributed by atoms with van der Waals surface area (Å²) in [7, 11) is 3.61. The van der Waals surface area contributed by atoms with Crippen LogP contribution in [0.25, 0.3) is 11.1 Å². The molecule has 0 aliphatic heterocycles. The third kappa shape index (κ3) is 5.22. The number of benzene rings is 2. The molecule has 3 heteroatoms. The summed E-state index contributed by atoms with van der Waals surface area (Å²) in [4.78, 5) is 0. The third-order valence-corrected chi connectivity index (χ3v) is 7.03. The van der Waals surface area contributed by atoms with Gasteiger partial charge in [-0.25, -0.2) is 0 Å². The SMILES string of the molecule is CCCCCCCCC(CCCN)C(OC)(OC)c1cccc2c1Cc1ccccc1-2. The lowest BCUT2D eigenvalue weighted by atomic mass is 9.81. The molecule has 31 heavy (non-hydrogen) atoms. The number of unbranched alkanes of at least 4 members (excludes halogenated alkanes) is 5. The zero-order chi connectivity index (χ0) is 22.1. The number of nitrogens with two attached hydrogens (primary N) is 1. The first-order chi connectivity index (χ1) is 15.2. The molecule has 0 amide bonds. The molecule has 0 saturated heterocycles. The Morgan fingerprint density at radius 2 is 1.52 bits per heavy atom. The minimum absolute atomic E-state index is 0.285. The predicted octanol–water partition coefficient (Wildman–Crippen LogP) is 6.81. The number of rotatable bonds is 14. The summed E-state index contributed by atoms with van der Waals surface area (Å²) in [5.74, 6) is -0.446. The molecule has 0 fully saturated rings. The average molecular weight is 424 g/mol. The van der Waals surface area contributed by atoms with Crippen LogP contribution in [-0.4, -0.2) is 20.8 Å². The summed E-state index contributed by atoms with van der Waals surface area (Å²) in [6, 6.07) is 15.3. The van der Waals surface area contributed by atoms with E-state index >= 15 is 0 Å². The minimum atomic E-state index is -0.730. The summed E-state index contributed by atoms with van der Waals surface area (Å²) < 4.78 is 12.6. The van der Waals surface area contributed by atoms with Gasteiger partial charge in [0.25, 0.3) is 0 Å². The highest BCUT2D eigenvalue weighted by Crippen LogP contribution is 2.47. The highest BCUT2D eigenvalue weighted by molar-refractivity contribution is 5.78. The zero-order valence-corrected chi connectivity index (χ0v) is 19.8. The van der Waals surface area contributed by atoms with Crippen LogP contribution >= 0.6 is 0 Å². The van der Waals surface area contributed by atoms with Crippen LogP contribution in [0, 0.1) is 5.92 Å². The molecular formula is C28H41NO2. The fraction of sp³-hybridized carbons (Fsp3) is 0.571. The van der Waals surface area contributed by atoms with Gasteiger partial charge in [0.2, 0.25) is 0 Å². The molecule has 1 unspecified atom stereocenters. The van der Waals surface area contributed by atoms with E-state index in [1.807, 2.05) is 14.2 Å².